The van der Waals surface area contributed by atoms with Crippen LogP contribution in [0.2, 0.25) is 58.9 Å². The van der Waals surface area contributed by atoms with Crippen LogP contribution < -0.4 is 5.32 Å². The second-order valence-electron chi connectivity index (χ2n) is 8.83. The Labute approximate surface area is 127 Å². The Morgan fingerprint density at radius 2 is 1.35 bits per heavy atom. The first-order valence-electron chi connectivity index (χ1n) is 7.30. The minimum Gasteiger partial charge on any atom is -0.337 e. The van der Waals surface area contributed by atoms with E-state index in [0.29, 0.717) is 0 Å². The van der Waals surface area contributed by atoms with Gasteiger partial charge in [0.25, 0.3) is 0 Å². The molecular weight excluding hydrogens is 298 g/mol. The molecule has 1 saturated heterocycles. The van der Waals surface area contributed by atoms with E-state index < -0.39 is 24.4 Å². The number of carbonyl (C=O) groups is 1. The Balaban J connectivity index is 3.50. The highest BCUT2D eigenvalue weighted by atomic mass is 28.4. The van der Waals surface area contributed by atoms with E-state index in [1.54, 1.807) is 0 Å². The lowest BCUT2D eigenvalue weighted by Crippen LogP contribution is -2.75. The summed E-state index contributed by atoms with van der Waals surface area (Å²) >= 11 is 0. The first-order valence-corrected chi connectivity index (χ1v) is 17.7. The average molecular weight is 330 g/mol. The van der Waals surface area contributed by atoms with E-state index >= 15 is 0 Å². The van der Waals surface area contributed by atoms with Gasteiger partial charge in [-0.1, -0.05) is 39.3 Å². The van der Waals surface area contributed by atoms with Crippen molar-refractivity contribution in [1.82, 2.24) is 10.2 Å². The van der Waals surface area contributed by atoms with Crippen molar-refractivity contribution in [3.8, 4) is 0 Å². The van der Waals surface area contributed by atoms with Crippen molar-refractivity contribution in [2.75, 3.05) is 7.05 Å². The van der Waals surface area contributed by atoms with Crippen molar-refractivity contribution in [3.05, 3.63) is 0 Å². The third kappa shape index (κ3) is 2.67. The summed E-state index contributed by atoms with van der Waals surface area (Å²) in [6, 6.07) is 0. The molecule has 116 valence electrons. The second-order valence-corrected chi connectivity index (χ2v) is 24.3. The van der Waals surface area contributed by atoms with Crippen LogP contribution in [0.3, 0.4) is 0 Å². The number of carbonyl (C=O) groups excluding carboxylic acids is 1. The molecule has 1 rings (SSSR count). The maximum atomic E-state index is 12.9. The van der Waals surface area contributed by atoms with Crippen LogP contribution in [0.25, 0.3) is 0 Å². The number of hydrogen-bond acceptors (Lipinski definition) is 2. The molecule has 1 fully saturated rings. The molecular formula is C13H31N3OSi3. The number of guanidine groups is 1. The fraction of sp³-hybridized carbons (Fsp3) is 0.846. The minimum atomic E-state index is -1.74. The summed E-state index contributed by atoms with van der Waals surface area (Å²) < 4.78 is 4.86. The number of nitrogens with one attached hydrogen (secondary N) is 1. The van der Waals surface area contributed by atoms with Crippen LogP contribution in [0, 0.1) is 0 Å². The third-order valence-electron chi connectivity index (χ3n) is 3.99. The molecule has 4 nitrogen and oxygen atoms in total. The Morgan fingerprint density at radius 3 is 1.60 bits per heavy atom. The summed E-state index contributed by atoms with van der Waals surface area (Å²) in [4.78, 5) is 14.8. The first kappa shape index (κ1) is 17.6. The lowest BCUT2D eigenvalue weighted by molar-refractivity contribution is -0.121. The topological polar surface area (TPSA) is 44.7 Å². The van der Waals surface area contributed by atoms with E-state index in [0.717, 1.165) is 5.96 Å². The molecule has 1 heterocycles. The van der Waals surface area contributed by atoms with Gasteiger partial charge < -0.3 is 4.90 Å². The van der Waals surface area contributed by atoms with E-state index in [1.807, 2.05) is 0 Å². The van der Waals surface area contributed by atoms with Crippen LogP contribution in [0.4, 0.5) is 0 Å². The van der Waals surface area contributed by atoms with Crippen molar-refractivity contribution in [2.45, 2.75) is 63.7 Å². The summed E-state index contributed by atoms with van der Waals surface area (Å²) in [6.07, 6.45) is 0. The summed E-state index contributed by atoms with van der Waals surface area (Å²) in [7, 11) is -3.03. The van der Waals surface area contributed by atoms with Gasteiger partial charge in [-0.05, 0) is 19.6 Å². The number of likely N-dealkylation sites (N-methyl/N-ethyl adjacent to an activating group) is 1. The maximum Gasteiger partial charge on any atom is 0.245 e. The summed E-state index contributed by atoms with van der Waals surface area (Å²) in [5.74, 6) is 0.995. The van der Waals surface area contributed by atoms with Gasteiger partial charge in [0.2, 0.25) is 5.91 Å². The summed E-state index contributed by atoms with van der Waals surface area (Å²) in [5, 5.41) is 3.11. The van der Waals surface area contributed by atoms with Crippen LogP contribution in [0.5, 0.6) is 0 Å². The highest BCUT2D eigenvalue weighted by Crippen LogP contribution is 2.39. The molecule has 1 amide bonds. The molecule has 0 radical (unpaired) electrons. The van der Waals surface area contributed by atoms with E-state index in [9.17, 15) is 4.79 Å². The lowest BCUT2D eigenvalue weighted by atomic mass is 10.6. The number of nitrogens with zero attached hydrogens (tertiary/aromatic N) is 2. The Kier molecular flexibility index (Phi) is 4.24. The van der Waals surface area contributed by atoms with Gasteiger partial charge in [-0.2, -0.15) is 0 Å². The van der Waals surface area contributed by atoms with Crippen molar-refractivity contribution in [1.29, 1.82) is 0 Å². The molecule has 0 saturated carbocycles. The quantitative estimate of drug-likeness (QED) is 0.809. The monoisotopic (exact) mass is 329 g/mol. The van der Waals surface area contributed by atoms with Gasteiger partial charge in [-0.3, -0.25) is 14.8 Å². The zero-order valence-corrected chi connectivity index (χ0v) is 17.8. The first-order chi connectivity index (χ1) is 8.64. The molecule has 0 aromatic rings. The molecule has 0 unspecified atom stereocenters. The molecule has 0 spiro atoms. The van der Waals surface area contributed by atoms with Gasteiger partial charge in [0.05, 0.1) is 16.1 Å². The predicted octanol–water partition coefficient (Wildman–Crippen LogP) is 2.73. The molecule has 1 aliphatic heterocycles. The van der Waals surface area contributed by atoms with E-state index in [1.165, 1.54) is 0 Å². The molecule has 7 heteroatoms. The van der Waals surface area contributed by atoms with Gasteiger partial charge >= 0.3 is 0 Å². The van der Waals surface area contributed by atoms with Crippen molar-refractivity contribution in [3.63, 3.8) is 0 Å². The third-order valence-corrected chi connectivity index (χ3v) is 14.8. The molecule has 0 bridgehead atoms. The zero-order chi connectivity index (χ0) is 16.1. The second kappa shape index (κ2) is 4.81. The highest BCUT2D eigenvalue weighted by molar-refractivity contribution is 7.03. The van der Waals surface area contributed by atoms with Crippen LogP contribution in [0.15, 0.2) is 4.66 Å². The van der Waals surface area contributed by atoms with E-state index in [-0.39, 0.29) is 10.7 Å². The van der Waals surface area contributed by atoms with Crippen LogP contribution in [-0.4, -0.2) is 53.0 Å². The Hall–Kier alpha value is -0.409. The standard InChI is InChI=1S/C13H31N3OSi3/c1-16-12(15-20(8,9)10)14-11(17)13(16,18(2,3)4)19(5,6)7/h1-10H3,(H,14,15,17). The number of hydrogen-bond donors (Lipinski definition) is 1. The molecule has 1 aliphatic rings. The summed E-state index contributed by atoms with van der Waals surface area (Å²) in [5.41, 5.74) is 0. The van der Waals surface area contributed by atoms with Gasteiger partial charge in [-0.15, -0.1) is 0 Å². The molecule has 0 aliphatic carbocycles. The van der Waals surface area contributed by atoms with Crippen molar-refractivity contribution < 1.29 is 4.79 Å². The van der Waals surface area contributed by atoms with E-state index in [4.69, 9.17) is 4.66 Å². The number of rotatable bonds is 3. The van der Waals surface area contributed by atoms with Crippen LogP contribution in [-0.2, 0) is 4.79 Å². The average Bonchev–Trinajstić information content (AvgIpc) is 2.33. The fourth-order valence-electron chi connectivity index (χ4n) is 3.82. The van der Waals surface area contributed by atoms with Gasteiger partial charge in [0.15, 0.2) is 14.2 Å². The number of amides is 1. The molecule has 1 N–H and O–H groups in total. The predicted molar refractivity (Wildman–Crippen MR) is 96.1 cm³/mol. The minimum absolute atomic E-state index is 0.190. The lowest BCUT2D eigenvalue weighted by Gasteiger charge is -2.51. The van der Waals surface area contributed by atoms with E-state index in [2.05, 4.69) is 76.2 Å². The van der Waals surface area contributed by atoms with Crippen LogP contribution >= 0.6 is 0 Å². The zero-order valence-electron chi connectivity index (χ0n) is 14.8. The molecule has 0 aromatic heterocycles. The van der Waals surface area contributed by atoms with Gasteiger partial charge in [-0.25, -0.2) is 0 Å². The van der Waals surface area contributed by atoms with Crippen LogP contribution in [0.1, 0.15) is 0 Å². The van der Waals surface area contributed by atoms with Crippen molar-refractivity contribution in [2.24, 2.45) is 4.66 Å². The maximum absolute atomic E-state index is 12.9. The molecule has 0 atom stereocenters. The van der Waals surface area contributed by atoms with Gasteiger partial charge in [0, 0.05) is 7.05 Å². The normalized spacial score (nSPS) is 22.4. The van der Waals surface area contributed by atoms with Crippen molar-refractivity contribution >= 4 is 36.2 Å². The largest absolute Gasteiger partial charge is 0.337 e. The Morgan fingerprint density at radius 1 is 0.950 bits per heavy atom. The summed E-state index contributed by atoms with van der Waals surface area (Å²) in [6.45, 7) is 20.4. The smallest absolute Gasteiger partial charge is 0.245 e. The Bertz CT molecular complexity index is 427. The molecule has 20 heavy (non-hydrogen) atoms. The SMILES string of the molecule is CN1/C(=N/[Si](C)(C)C)NC(=O)C1([Si](C)(C)C)[Si](C)(C)C. The fourth-order valence-corrected chi connectivity index (χ4v) is 17.4. The highest BCUT2D eigenvalue weighted by Gasteiger charge is 2.64. The van der Waals surface area contributed by atoms with Gasteiger partial charge in [0.1, 0.15) is 4.79 Å². The molecule has 0 aromatic carbocycles.